The van der Waals surface area contributed by atoms with Crippen LogP contribution in [-0.4, -0.2) is 15.5 Å². The van der Waals surface area contributed by atoms with Gasteiger partial charge < -0.3 is 5.32 Å². The molecule has 1 amide bonds. The van der Waals surface area contributed by atoms with Crippen LogP contribution in [0.25, 0.3) is 11.3 Å². The Morgan fingerprint density at radius 1 is 1.13 bits per heavy atom. The number of aromatic nitrogens is 2. The molecule has 1 heterocycles. The van der Waals surface area contributed by atoms with E-state index in [2.05, 4.69) is 14.9 Å². The molecule has 4 nitrogen and oxygen atoms in total. The van der Waals surface area contributed by atoms with Gasteiger partial charge in [0.2, 0.25) is 0 Å². The van der Waals surface area contributed by atoms with Gasteiger partial charge in [0.05, 0.1) is 0 Å². The number of aryl methyl sites for hydroxylation is 2. The van der Waals surface area contributed by atoms with Crippen LogP contribution < -0.4 is 5.32 Å². The first-order valence-corrected chi connectivity index (χ1v) is 8.16. The summed E-state index contributed by atoms with van der Waals surface area (Å²) in [7, 11) is 0. The molecule has 0 aliphatic carbocycles. The molecule has 0 atom stereocenters. The molecule has 2 aromatic carbocycles. The Hall–Kier alpha value is -2.24. The normalized spacial score (nSPS) is 10.6. The minimum absolute atomic E-state index is 0.240. The van der Waals surface area contributed by atoms with Gasteiger partial charge in [0.25, 0.3) is 5.91 Å². The first kappa shape index (κ1) is 15.6. The maximum Gasteiger partial charge on any atom is 0.269 e. The third kappa shape index (κ3) is 3.41. The van der Waals surface area contributed by atoms with Crippen molar-refractivity contribution < 1.29 is 4.79 Å². The van der Waals surface area contributed by atoms with Gasteiger partial charge in [-0.15, -0.1) is 5.10 Å². The number of carbonyl (C=O) groups is 1. The van der Waals surface area contributed by atoms with Gasteiger partial charge >= 0.3 is 0 Å². The third-order valence-corrected chi connectivity index (χ3v) is 4.58. The topological polar surface area (TPSA) is 54.9 Å². The van der Waals surface area contributed by atoms with Crippen LogP contribution in [0, 0.1) is 13.8 Å². The van der Waals surface area contributed by atoms with Crippen molar-refractivity contribution in [3.05, 3.63) is 63.5 Å². The highest BCUT2D eigenvalue weighted by Crippen LogP contribution is 2.26. The van der Waals surface area contributed by atoms with Crippen molar-refractivity contribution in [1.29, 1.82) is 0 Å². The van der Waals surface area contributed by atoms with Gasteiger partial charge in [-0.05, 0) is 43.1 Å². The summed E-state index contributed by atoms with van der Waals surface area (Å²) in [6, 6.07) is 13.3. The van der Waals surface area contributed by atoms with Crippen molar-refractivity contribution in [2.75, 3.05) is 5.32 Å². The first-order chi connectivity index (χ1) is 11.0. The summed E-state index contributed by atoms with van der Waals surface area (Å²) in [4.78, 5) is 13.0. The Bertz CT molecular complexity index is 859. The Labute approximate surface area is 143 Å². The molecule has 0 radical (unpaired) electrons. The molecule has 0 bridgehead atoms. The predicted molar refractivity (Wildman–Crippen MR) is 94.2 cm³/mol. The molecule has 3 rings (SSSR count). The van der Waals surface area contributed by atoms with E-state index in [1.165, 1.54) is 0 Å². The molecule has 0 aliphatic rings. The second-order valence-corrected chi connectivity index (χ2v) is 6.40. The maximum absolute atomic E-state index is 12.5. The number of hydrogen-bond acceptors (Lipinski definition) is 4. The van der Waals surface area contributed by atoms with E-state index in [0.29, 0.717) is 21.3 Å². The zero-order valence-electron chi connectivity index (χ0n) is 12.6. The van der Waals surface area contributed by atoms with Gasteiger partial charge in [0.1, 0.15) is 10.6 Å². The number of amides is 1. The van der Waals surface area contributed by atoms with Crippen LogP contribution in [0.15, 0.2) is 42.5 Å². The lowest BCUT2D eigenvalue weighted by atomic mass is 10.1. The van der Waals surface area contributed by atoms with E-state index in [9.17, 15) is 4.79 Å². The van der Waals surface area contributed by atoms with Gasteiger partial charge in [-0.25, -0.2) is 0 Å². The van der Waals surface area contributed by atoms with Crippen LogP contribution >= 0.6 is 23.1 Å². The third-order valence-electron chi connectivity index (χ3n) is 3.45. The molecule has 116 valence electrons. The quantitative estimate of drug-likeness (QED) is 0.748. The highest BCUT2D eigenvalue weighted by atomic mass is 35.5. The zero-order valence-corrected chi connectivity index (χ0v) is 14.2. The Morgan fingerprint density at radius 3 is 2.57 bits per heavy atom. The monoisotopic (exact) mass is 343 g/mol. The average Bonchev–Trinajstić information content (AvgIpc) is 3.01. The smallest absolute Gasteiger partial charge is 0.269 e. The Morgan fingerprint density at radius 2 is 1.87 bits per heavy atom. The fourth-order valence-electron chi connectivity index (χ4n) is 2.10. The second kappa shape index (κ2) is 6.48. The summed E-state index contributed by atoms with van der Waals surface area (Å²) >= 11 is 7.17. The molecule has 3 aromatic rings. The van der Waals surface area contributed by atoms with Crippen molar-refractivity contribution in [2.45, 2.75) is 13.8 Å². The van der Waals surface area contributed by atoms with E-state index < -0.39 is 0 Å². The van der Waals surface area contributed by atoms with Crippen LogP contribution in [0.1, 0.15) is 20.8 Å². The highest BCUT2D eigenvalue weighted by Gasteiger charge is 2.18. The molecule has 0 saturated heterocycles. The fraction of sp³-hybridized carbons (Fsp3) is 0.118. The molecule has 0 spiro atoms. The molecule has 0 saturated carbocycles. The van der Waals surface area contributed by atoms with Crippen molar-refractivity contribution in [3.8, 4) is 11.3 Å². The minimum atomic E-state index is -0.240. The largest absolute Gasteiger partial charge is 0.321 e. The molecule has 23 heavy (non-hydrogen) atoms. The lowest BCUT2D eigenvalue weighted by molar-refractivity contribution is 0.103. The van der Waals surface area contributed by atoms with Crippen LogP contribution in [0.3, 0.4) is 0 Å². The molecule has 1 N–H and O–H groups in total. The van der Waals surface area contributed by atoms with Crippen molar-refractivity contribution >= 4 is 34.7 Å². The zero-order chi connectivity index (χ0) is 16.4. The van der Waals surface area contributed by atoms with Crippen LogP contribution in [0.2, 0.25) is 5.02 Å². The molecule has 1 aromatic heterocycles. The number of carbonyl (C=O) groups excluding carboxylic acids is 1. The van der Waals surface area contributed by atoms with Crippen molar-refractivity contribution in [3.63, 3.8) is 0 Å². The fourth-order valence-corrected chi connectivity index (χ4v) is 2.86. The number of hydrogen-bond donors (Lipinski definition) is 1. The SMILES string of the molecule is Cc1ccc(-c2nnsc2C(=O)Nc2ccc(C)c(Cl)c2)cc1. The lowest BCUT2D eigenvalue weighted by Crippen LogP contribution is -2.11. The predicted octanol–water partition coefficient (Wildman–Crippen LogP) is 4.73. The van der Waals surface area contributed by atoms with Gasteiger partial charge in [-0.1, -0.05) is 52.0 Å². The van der Waals surface area contributed by atoms with Gasteiger partial charge in [-0.2, -0.15) is 0 Å². The minimum Gasteiger partial charge on any atom is -0.321 e. The van der Waals surface area contributed by atoms with Crippen molar-refractivity contribution in [1.82, 2.24) is 9.59 Å². The molecule has 0 unspecified atom stereocenters. The number of nitrogens with zero attached hydrogens (tertiary/aromatic N) is 2. The van der Waals surface area contributed by atoms with Gasteiger partial charge in [-0.3, -0.25) is 4.79 Å². The summed E-state index contributed by atoms with van der Waals surface area (Å²) in [5.74, 6) is -0.240. The number of rotatable bonds is 3. The summed E-state index contributed by atoms with van der Waals surface area (Å²) < 4.78 is 3.92. The van der Waals surface area contributed by atoms with E-state index in [1.54, 1.807) is 6.07 Å². The van der Waals surface area contributed by atoms with Gasteiger partial charge in [0, 0.05) is 16.3 Å². The van der Waals surface area contributed by atoms with Crippen LogP contribution in [0.4, 0.5) is 5.69 Å². The van der Waals surface area contributed by atoms with E-state index in [-0.39, 0.29) is 5.91 Å². The highest BCUT2D eigenvalue weighted by molar-refractivity contribution is 7.08. The maximum atomic E-state index is 12.5. The first-order valence-electron chi connectivity index (χ1n) is 7.01. The summed E-state index contributed by atoms with van der Waals surface area (Å²) in [5.41, 5.74) is 4.22. The van der Waals surface area contributed by atoms with Gasteiger partial charge in [0.15, 0.2) is 0 Å². The average molecular weight is 344 g/mol. The molecule has 0 aliphatic heterocycles. The number of anilines is 1. The molecule has 6 heteroatoms. The second-order valence-electron chi connectivity index (χ2n) is 5.23. The summed E-state index contributed by atoms with van der Waals surface area (Å²) in [6.07, 6.45) is 0. The standard InChI is InChI=1S/C17H14ClN3OS/c1-10-3-6-12(7-4-10)15-16(23-21-20-15)17(22)19-13-8-5-11(2)14(18)9-13/h3-9H,1-2H3,(H,19,22). The van der Waals surface area contributed by atoms with Crippen LogP contribution in [-0.2, 0) is 0 Å². The molecule has 0 fully saturated rings. The van der Waals surface area contributed by atoms with E-state index >= 15 is 0 Å². The van der Waals surface area contributed by atoms with Crippen LogP contribution in [0.5, 0.6) is 0 Å². The van der Waals surface area contributed by atoms with E-state index in [0.717, 1.165) is 28.2 Å². The Balaban J connectivity index is 1.87. The van der Waals surface area contributed by atoms with E-state index in [1.807, 2.05) is 50.2 Å². The Kier molecular flexibility index (Phi) is 4.41. The molecular formula is C17H14ClN3OS. The van der Waals surface area contributed by atoms with Crippen molar-refractivity contribution in [2.24, 2.45) is 0 Å². The summed E-state index contributed by atoms with van der Waals surface area (Å²) in [5, 5.41) is 7.55. The molecular weight excluding hydrogens is 330 g/mol. The number of benzene rings is 2. The number of nitrogens with one attached hydrogen (secondary N) is 1. The lowest BCUT2D eigenvalue weighted by Gasteiger charge is -2.06. The summed E-state index contributed by atoms with van der Waals surface area (Å²) in [6.45, 7) is 3.92. The van der Waals surface area contributed by atoms with E-state index in [4.69, 9.17) is 11.6 Å². The number of halogens is 1.